The molecule has 2 heteroatoms. The lowest BCUT2D eigenvalue weighted by Crippen LogP contribution is -2.02. The summed E-state index contributed by atoms with van der Waals surface area (Å²) in [5.74, 6) is 0. The van der Waals surface area contributed by atoms with Crippen molar-refractivity contribution in [2.24, 2.45) is 0 Å². The van der Waals surface area contributed by atoms with Crippen molar-refractivity contribution in [2.45, 2.75) is 6.42 Å². The summed E-state index contributed by atoms with van der Waals surface area (Å²) in [6.45, 7) is 3.62. The molecule has 0 amide bonds. The zero-order valence-corrected chi connectivity index (χ0v) is 7.80. The standard InChI is InChI=1S/C11H14N2/c1-3-6-10(12)9-7-4-5-8-11(9)13-2/h3-5,7-8,12-13H,1,6H2,2H3. The van der Waals surface area contributed by atoms with Crippen LogP contribution in [0.5, 0.6) is 0 Å². The first kappa shape index (κ1) is 9.52. The maximum atomic E-state index is 7.76. The van der Waals surface area contributed by atoms with E-state index in [0.717, 1.165) is 11.3 Å². The predicted molar refractivity (Wildman–Crippen MR) is 57.6 cm³/mol. The Bertz CT molecular complexity index is 316. The minimum atomic E-state index is 0.597. The molecule has 0 atom stereocenters. The summed E-state index contributed by atoms with van der Waals surface area (Å²) in [7, 11) is 1.86. The van der Waals surface area contributed by atoms with Gasteiger partial charge in [-0.05, 0) is 6.07 Å². The van der Waals surface area contributed by atoms with Crippen LogP contribution in [0.3, 0.4) is 0 Å². The van der Waals surface area contributed by atoms with Gasteiger partial charge in [0.2, 0.25) is 0 Å². The average Bonchev–Trinajstić information content (AvgIpc) is 2.18. The molecule has 13 heavy (non-hydrogen) atoms. The lowest BCUT2D eigenvalue weighted by atomic mass is 10.1. The van der Waals surface area contributed by atoms with Gasteiger partial charge in [0.05, 0.1) is 0 Å². The molecule has 0 aromatic heterocycles. The highest BCUT2D eigenvalue weighted by molar-refractivity contribution is 6.03. The molecule has 0 radical (unpaired) electrons. The number of nitrogens with one attached hydrogen (secondary N) is 2. The molecule has 0 aliphatic carbocycles. The van der Waals surface area contributed by atoms with E-state index in [9.17, 15) is 0 Å². The topological polar surface area (TPSA) is 35.9 Å². The van der Waals surface area contributed by atoms with Crippen molar-refractivity contribution in [2.75, 3.05) is 12.4 Å². The highest BCUT2D eigenvalue weighted by Gasteiger charge is 2.03. The Labute approximate surface area is 78.8 Å². The molecule has 0 heterocycles. The van der Waals surface area contributed by atoms with Crippen molar-refractivity contribution in [3.63, 3.8) is 0 Å². The number of benzene rings is 1. The molecule has 1 aromatic rings. The smallest absolute Gasteiger partial charge is 0.0444 e. The Balaban J connectivity index is 2.98. The Morgan fingerprint density at radius 1 is 1.54 bits per heavy atom. The van der Waals surface area contributed by atoms with Gasteiger partial charge in [-0.25, -0.2) is 0 Å². The third kappa shape index (κ3) is 2.18. The number of hydrogen-bond donors (Lipinski definition) is 2. The minimum Gasteiger partial charge on any atom is -0.388 e. The molecule has 0 bridgehead atoms. The van der Waals surface area contributed by atoms with Gasteiger partial charge in [-0.2, -0.15) is 0 Å². The molecule has 0 fully saturated rings. The van der Waals surface area contributed by atoms with E-state index in [2.05, 4.69) is 11.9 Å². The lowest BCUT2D eigenvalue weighted by Gasteiger charge is -2.08. The van der Waals surface area contributed by atoms with Gasteiger partial charge in [0.1, 0.15) is 0 Å². The fourth-order valence-electron chi connectivity index (χ4n) is 1.22. The number of rotatable bonds is 4. The molecule has 2 N–H and O–H groups in total. The van der Waals surface area contributed by atoms with Crippen molar-refractivity contribution in [1.29, 1.82) is 5.41 Å². The molecule has 1 rings (SSSR count). The predicted octanol–water partition coefficient (Wildman–Crippen LogP) is 2.67. The Morgan fingerprint density at radius 2 is 2.23 bits per heavy atom. The number of hydrogen-bond acceptors (Lipinski definition) is 2. The molecule has 0 spiro atoms. The summed E-state index contributed by atoms with van der Waals surface area (Å²) in [5.41, 5.74) is 2.54. The fourth-order valence-corrected chi connectivity index (χ4v) is 1.22. The van der Waals surface area contributed by atoms with Gasteiger partial charge >= 0.3 is 0 Å². The number of anilines is 1. The summed E-state index contributed by atoms with van der Waals surface area (Å²) in [6.07, 6.45) is 2.35. The summed E-state index contributed by atoms with van der Waals surface area (Å²) in [5, 5.41) is 10.8. The molecule has 0 saturated carbocycles. The normalized spacial score (nSPS) is 9.31. The lowest BCUT2D eigenvalue weighted by molar-refractivity contribution is 1.35. The zero-order chi connectivity index (χ0) is 9.68. The van der Waals surface area contributed by atoms with Crippen LogP contribution in [0.4, 0.5) is 5.69 Å². The highest BCUT2D eigenvalue weighted by atomic mass is 14.8. The maximum Gasteiger partial charge on any atom is 0.0444 e. The molecule has 0 saturated heterocycles. The molecule has 2 nitrogen and oxygen atoms in total. The van der Waals surface area contributed by atoms with Gasteiger partial charge < -0.3 is 10.7 Å². The molecule has 0 unspecified atom stereocenters. The summed E-state index contributed by atoms with van der Waals surface area (Å²) in [6, 6.07) is 7.80. The van der Waals surface area contributed by atoms with Crippen LogP contribution in [-0.4, -0.2) is 12.8 Å². The van der Waals surface area contributed by atoms with Crippen LogP contribution in [0, 0.1) is 5.41 Å². The minimum absolute atomic E-state index is 0.597. The quantitative estimate of drug-likeness (QED) is 0.534. The van der Waals surface area contributed by atoms with Gasteiger partial charge in [0, 0.05) is 30.4 Å². The van der Waals surface area contributed by atoms with Crippen molar-refractivity contribution < 1.29 is 0 Å². The molecule has 0 aliphatic heterocycles. The van der Waals surface area contributed by atoms with Gasteiger partial charge in [-0.3, -0.25) is 0 Å². The summed E-state index contributed by atoms with van der Waals surface area (Å²) in [4.78, 5) is 0. The largest absolute Gasteiger partial charge is 0.388 e. The van der Waals surface area contributed by atoms with Crippen LogP contribution in [0.25, 0.3) is 0 Å². The van der Waals surface area contributed by atoms with Crippen LogP contribution < -0.4 is 5.32 Å². The Morgan fingerprint density at radius 3 is 2.85 bits per heavy atom. The molecule has 0 aliphatic rings. The summed E-state index contributed by atoms with van der Waals surface area (Å²) < 4.78 is 0. The Hall–Kier alpha value is -1.57. The van der Waals surface area contributed by atoms with E-state index in [1.807, 2.05) is 31.3 Å². The fraction of sp³-hybridized carbons (Fsp3) is 0.182. The van der Waals surface area contributed by atoms with Crippen molar-refractivity contribution in [1.82, 2.24) is 0 Å². The maximum absolute atomic E-state index is 7.76. The van der Waals surface area contributed by atoms with Crippen LogP contribution >= 0.6 is 0 Å². The molecular weight excluding hydrogens is 160 g/mol. The number of para-hydroxylation sites is 1. The number of allylic oxidation sites excluding steroid dienone is 1. The molecule has 68 valence electrons. The zero-order valence-electron chi connectivity index (χ0n) is 7.80. The first-order valence-electron chi connectivity index (χ1n) is 4.25. The van der Waals surface area contributed by atoms with E-state index < -0.39 is 0 Å². The van der Waals surface area contributed by atoms with Crippen molar-refractivity contribution in [3.8, 4) is 0 Å². The van der Waals surface area contributed by atoms with Crippen molar-refractivity contribution in [3.05, 3.63) is 42.5 Å². The van der Waals surface area contributed by atoms with Crippen molar-refractivity contribution >= 4 is 11.4 Å². The first-order chi connectivity index (χ1) is 6.29. The second kappa shape index (κ2) is 4.45. The molecular formula is C11H14N2. The van der Waals surface area contributed by atoms with Crippen LogP contribution in [0.1, 0.15) is 12.0 Å². The summed E-state index contributed by atoms with van der Waals surface area (Å²) >= 11 is 0. The Kier molecular flexibility index (Phi) is 3.26. The van der Waals surface area contributed by atoms with Gasteiger partial charge in [-0.15, -0.1) is 6.58 Å². The van der Waals surface area contributed by atoms with E-state index in [-0.39, 0.29) is 0 Å². The van der Waals surface area contributed by atoms with E-state index in [1.165, 1.54) is 0 Å². The molecule has 1 aromatic carbocycles. The SMILES string of the molecule is C=CCC(=N)c1ccccc1NC. The first-order valence-corrected chi connectivity index (χ1v) is 4.25. The van der Waals surface area contributed by atoms with E-state index in [4.69, 9.17) is 5.41 Å². The second-order valence-electron chi connectivity index (χ2n) is 2.77. The van der Waals surface area contributed by atoms with Gasteiger partial charge in [-0.1, -0.05) is 24.3 Å². The van der Waals surface area contributed by atoms with Crippen LogP contribution in [0.15, 0.2) is 36.9 Å². The van der Waals surface area contributed by atoms with Gasteiger partial charge in [0.15, 0.2) is 0 Å². The monoisotopic (exact) mass is 174 g/mol. The average molecular weight is 174 g/mol. The third-order valence-corrected chi connectivity index (χ3v) is 1.87. The second-order valence-corrected chi connectivity index (χ2v) is 2.77. The third-order valence-electron chi connectivity index (χ3n) is 1.87. The van der Waals surface area contributed by atoms with Crippen LogP contribution in [0.2, 0.25) is 0 Å². The van der Waals surface area contributed by atoms with E-state index in [1.54, 1.807) is 6.08 Å². The van der Waals surface area contributed by atoms with E-state index in [0.29, 0.717) is 12.1 Å². The highest BCUT2D eigenvalue weighted by Crippen LogP contribution is 2.15. The van der Waals surface area contributed by atoms with Crippen LogP contribution in [-0.2, 0) is 0 Å². The van der Waals surface area contributed by atoms with Gasteiger partial charge in [0.25, 0.3) is 0 Å². The van der Waals surface area contributed by atoms with E-state index >= 15 is 0 Å².